The fourth-order valence-electron chi connectivity index (χ4n) is 5.95. The number of hydrogen-bond donors (Lipinski definition) is 2. The van der Waals surface area contributed by atoms with Gasteiger partial charge in [-0.05, 0) is 56.6 Å². The molecule has 2 N–H and O–H groups in total. The van der Waals surface area contributed by atoms with Crippen molar-refractivity contribution in [3.63, 3.8) is 0 Å². The number of rotatable bonds is 13. The average Bonchev–Trinajstić information content (AvgIpc) is 3.14. The van der Waals surface area contributed by atoms with Gasteiger partial charge >= 0.3 is 5.69 Å². The summed E-state index contributed by atoms with van der Waals surface area (Å²) in [4.78, 5) is 38.7. The third kappa shape index (κ3) is 7.82. The van der Waals surface area contributed by atoms with E-state index >= 15 is 4.39 Å². The molecule has 5 aromatic rings. The Labute approximate surface area is 302 Å². The van der Waals surface area contributed by atoms with Crippen molar-refractivity contribution in [2.75, 3.05) is 47.6 Å². The minimum Gasteiger partial charge on any atom is -0.495 e. The molecule has 6 rings (SSSR count). The van der Waals surface area contributed by atoms with Crippen LogP contribution in [0.4, 0.5) is 10.1 Å². The van der Waals surface area contributed by atoms with Gasteiger partial charge in [-0.2, -0.15) is 0 Å². The van der Waals surface area contributed by atoms with Crippen LogP contribution < -0.4 is 34.9 Å². The second-order valence-electron chi connectivity index (χ2n) is 11.9. The van der Waals surface area contributed by atoms with Crippen molar-refractivity contribution in [3.05, 3.63) is 92.0 Å². The summed E-state index contributed by atoms with van der Waals surface area (Å²) in [5.41, 5.74) is -1.55. The van der Waals surface area contributed by atoms with Gasteiger partial charge in [-0.25, -0.2) is 13.8 Å². The summed E-state index contributed by atoms with van der Waals surface area (Å²) in [5, 5.41) is 11.8. The van der Waals surface area contributed by atoms with Gasteiger partial charge in [0.1, 0.15) is 22.8 Å². The number of aromatic amines is 1. The Hall–Kier alpha value is -5.60. The van der Waals surface area contributed by atoms with Crippen LogP contribution in [-0.2, 0) is 0 Å². The lowest BCUT2D eigenvalue weighted by atomic mass is 10.1. The van der Waals surface area contributed by atoms with Gasteiger partial charge in [-0.3, -0.25) is 19.8 Å². The summed E-state index contributed by atoms with van der Waals surface area (Å²) in [6, 6.07) is 11.8. The maximum atomic E-state index is 15.4. The third-order valence-electron chi connectivity index (χ3n) is 8.61. The summed E-state index contributed by atoms with van der Waals surface area (Å²) in [5.74, 6) is 0.0984. The molecule has 1 aliphatic rings. The van der Waals surface area contributed by atoms with Gasteiger partial charge in [0, 0.05) is 48.6 Å². The van der Waals surface area contributed by atoms with Crippen molar-refractivity contribution >= 4 is 34.4 Å². The van der Waals surface area contributed by atoms with Crippen LogP contribution in [0.25, 0.3) is 16.6 Å². The molecule has 52 heavy (non-hydrogen) atoms. The number of halogens is 2. The molecule has 0 bridgehead atoms. The molecule has 0 saturated carbocycles. The minimum atomic E-state index is -0.955. The van der Waals surface area contributed by atoms with Crippen LogP contribution in [0.5, 0.6) is 40.4 Å². The quantitative estimate of drug-likeness (QED) is 0.103. The number of likely N-dealkylation sites (tertiary alicyclic amines) is 1. The molecule has 13 nitrogen and oxygen atoms in total. The Morgan fingerprint density at radius 3 is 2.42 bits per heavy atom. The second kappa shape index (κ2) is 16.2. The van der Waals surface area contributed by atoms with E-state index in [-0.39, 0.29) is 39.2 Å². The summed E-state index contributed by atoms with van der Waals surface area (Å²) >= 11 is 6.19. The van der Waals surface area contributed by atoms with Crippen LogP contribution in [0.15, 0.2) is 69.3 Å². The predicted molar refractivity (Wildman–Crippen MR) is 195 cm³/mol. The molecular weight excluding hydrogens is 697 g/mol. The highest BCUT2D eigenvalue weighted by molar-refractivity contribution is 6.32. The van der Waals surface area contributed by atoms with Crippen LogP contribution in [0.3, 0.4) is 0 Å². The van der Waals surface area contributed by atoms with Gasteiger partial charge in [0.2, 0.25) is 5.88 Å². The zero-order valence-corrected chi connectivity index (χ0v) is 29.5. The number of aliphatic imine (C=N–C) groups is 1. The number of aromatic nitrogens is 3. The minimum absolute atomic E-state index is 0.0398. The van der Waals surface area contributed by atoms with Crippen molar-refractivity contribution in [1.82, 2.24) is 19.4 Å². The molecule has 0 spiro atoms. The Kier molecular flexibility index (Phi) is 11.3. The Balaban J connectivity index is 1.21. The van der Waals surface area contributed by atoms with E-state index in [1.54, 1.807) is 31.5 Å². The molecule has 1 fully saturated rings. The van der Waals surface area contributed by atoms with Crippen molar-refractivity contribution in [3.8, 4) is 46.1 Å². The standard InChI is InChI=1S/C37H37ClFN5O8/c1-48-31-20-28(32(49-2)18-25(31)38)44-36(46)24(35(45)42-37(44)47)21-41-22-8-9-30(26(39)16-22)52-29-10-11-40-27-19-34(33(50-3)17-23(27)29)51-15-7-14-43-12-5-4-6-13-43/h8-11,16-21,46H,4-7,12-15H2,1-3H3,(H,42,45,47). The summed E-state index contributed by atoms with van der Waals surface area (Å²) in [6.45, 7) is 3.77. The van der Waals surface area contributed by atoms with Gasteiger partial charge in [-0.1, -0.05) is 18.0 Å². The third-order valence-corrected chi connectivity index (χ3v) is 8.90. The van der Waals surface area contributed by atoms with Crippen molar-refractivity contribution in [1.29, 1.82) is 0 Å². The number of aromatic hydroxyl groups is 1. The smallest absolute Gasteiger partial charge is 0.335 e. The van der Waals surface area contributed by atoms with Gasteiger partial charge in [0.25, 0.3) is 5.56 Å². The number of pyridine rings is 1. The number of ether oxygens (including phenoxy) is 5. The average molecular weight is 734 g/mol. The Bertz CT molecular complexity index is 2240. The van der Waals surface area contributed by atoms with Crippen LogP contribution >= 0.6 is 11.6 Å². The molecule has 0 unspecified atom stereocenters. The van der Waals surface area contributed by atoms with Crippen molar-refractivity contribution < 1.29 is 33.2 Å². The molecule has 2 aromatic heterocycles. The van der Waals surface area contributed by atoms with Crippen LogP contribution in [-0.4, -0.2) is 78.3 Å². The number of nitrogens with one attached hydrogen (secondary N) is 1. The van der Waals surface area contributed by atoms with E-state index in [2.05, 4.69) is 19.9 Å². The number of H-pyrrole nitrogens is 1. The van der Waals surface area contributed by atoms with E-state index in [9.17, 15) is 14.7 Å². The number of methoxy groups -OCH3 is 3. The molecule has 0 atom stereocenters. The largest absolute Gasteiger partial charge is 0.495 e. The molecular formula is C37H37ClFN5O8. The molecule has 3 aromatic carbocycles. The summed E-state index contributed by atoms with van der Waals surface area (Å²) in [7, 11) is 4.27. The number of fused-ring (bicyclic) bond motifs is 1. The highest BCUT2D eigenvalue weighted by Crippen LogP contribution is 2.39. The molecule has 1 aliphatic heterocycles. The molecule has 0 aliphatic carbocycles. The van der Waals surface area contributed by atoms with Gasteiger partial charge in [0.15, 0.2) is 23.1 Å². The highest BCUT2D eigenvalue weighted by atomic mass is 35.5. The van der Waals surface area contributed by atoms with Gasteiger partial charge < -0.3 is 33.7 Å². The molecule has 0 radical (unpaired) electrons. The first-order chi connectivity index (χ1) is 25.2. The zero-order chi connectivity index (χ0) is 36.8. The first-order valence-corrected chi connectivity index (χ1v) is 16.9. The second-order valence-corrected chi connectivity index (χ2v) is 12.3. The molecule has 3 heterocycles. The first-order valence-electron chi connectivity index (χ1n) is 16.5. The number of nitrogens with zero attached hydrogens (tertiary/aromatic N) is 4. The van der Waals surface area contributed by atoms with Crippen LogP contribution in [0.2, 0.25) is 5.02 Å². The number of benzene rings is 3. The highest BCUT2D eigenvalue weighted by Gasteiger charge is 2.20. The van der Waals surface area contributed by atoms with E-state index in [1.165, 1.54) is 57.7 Å². The predicted octanol–water partition coefficient (Wildman–Crippen LogP) is 6.40. The first kappa shape index (κ1) is 36.2. The molecule has 272 valence electrons. The van der Waals surface area contributed by atoms with E-state index in [0.717, 1.165) is 42.9 Å². The van der Waals surface area contributed by atoms with E-state index in [0.29, 0.717) is 34.8 Å². The monoisotopic (exact) mass is 733 g/mol. The number of piperidine rings is 1. The SMILES string of the molecule is COc1cc(-n2c(O)c(C=Nc3ccc(Oc4ccnc5cc(OCCCN6CCCCC6)c(OC)cc45)c(F)c3)c(=O)[nH]c2=O)c(OC)cc1Cl. The van der Waals surface area contributed by atoms with Gasteiger partial charge in [0.05, 0.1) is 49.9 Å². The van der Waals surface area contributed by atoms with Crippen molar-refractivity contribution in [2.24, 2.45) is 4.99 Å². The Morgan fingerprint density at radius 2 is 1.69 bits per heavy atom. The molecule has 15 heteroatoms. The van der Waals surface area contributed by atoms with E-state index < -0.39 is 22.9 Å². The topological polar surface area (TPSA) is 150 Å². The summed E-state index contributed by atoms with van der Waals surface area (Å²) < 4.78 is 44.4. The van der Waals surface area contributed by atoms with Crippen molar-refractivity contribution in [2.45, 2.75) is 25.7 Å². The normalized spacial score (nSPS) is 13.4. The van der Waals surface area contributed by atoms with Crippen LogP contribution in [0.1, 0.15) is 31.2 Å². The van der Waals surface area contributed by atoms with E-state index in [1.807, 2.05) is 0 Å². The summed E-state index contributed by atoms with van der Waals surface area (Å²) in [6.07, 6.45) is 7.22. The maximum absolute atomic E-state index is 15.4. The fourth-order valence-corrected chi connectivity index (χ4v) is 6.18. The Morgan fingerprint density at radius 1 is 0.923 bits per heavy atom. The van der Waals surface area contributed by atoms with Gasteiger partial charge in [-0.15, -0.1) is 0 Å². The lowest BCUT2D eigenvalue weighted by Gasteiger charge is -2.26. The number of hydrogen-bond acceptors (Lipinski definition) is 11. The van der Waals surface area contributed by atoms with E-state index in [4.69, 9.17) is 35.3 Å². The molecule has 0 amide bonds. The lowest BCUT2D eigenvalue weighted by Crippen LogP contribution is -2.31. The molecule has 1 saturated heterocycles. The van der Waals surface area contributed by atoms with Crippen LogP contribution in [0, 0.1) is 5.82 Å². The fraction of sp³-hybridized carbons (Fsp3) is 0.297. The zero-order valence-electron chi connectivity index (χ0n) is 28.8. The lowest BCUT2D eigenvalue weighted by molar-refractivity contribution is 0.203. The maximum Gasteiger partial charge on any atom is 0.335 e.